The summed E-state index contributed by atoms with van der Waals surface area (Å²) in [4.78, 5) is 11.4. The first-order valence-corrected chi connectivity index (χ1v) is 7.46. The summed E-state index contributed by atoms with van der Waals surface area (Å²) in [6.07, 6.45) is 0. The number of sulfonamides is 1. The Kier molecular flexibility index (Phi) is 5.85. The van der Waals surface area contributed by atoms with Crippen LogP contribution in [0.5, 0.6) is 0 Å². The van der Waals surface area contributed by atoms with Crippen molar-refractivity contribution in [3.63, 3.8) is 0 Å². The van der Waals surface area contributed by atoms with Crippen LogP contribution >= 0.6 is 15.9 Å². The van der Waals surface area contributed by atoms with E-state index in [1.165, 1.54) is 14.2 Å². The average Bonchev–Trinajstić information content (AvgIpc) is 2.67. The van der Waals surface area contributed by atoms with Gasteiger partial charge in [-0.15, -0.1) is 5.10 Å². The van der Waals surface area contributed by atoms with Gasteiger partial charge in [0.25, 0.3) is 10.0 Å². The molecule has 0 aliphatic rings. The SMILES string of the molecule is COCCNC(=O)CNS(=O)(=O)c1c(Br)nnn1C. The molecule has 19 heavy (non-hydrogen) atoms. The molecule has 0 aliphatic carbocycles. The molecular formula is C8H14BrN5O4S. The highest BCUT2D eigenvalue weighted by Crippen LogP contribution is 2.16. The molecule has 1 rings (SSSR count). The van der Waals surface area contributed by atoms with Crippen molar-refractivity contribution < 1.29 is 17.9 Å². The van der Waals surface area contributed by atoms with Crippen LogP contribution in [0.25, 0.3) is 0 Å². The van der Waals surface area contributed by atoms with E-state index in [1.807, 2.05) is 0 Å². The predicted molar refractivity (Wildman–Crippen MR) is 68.8 cm³/mol. The molecule has 0 radical (unpaired) electrons. The topological polar surface area (TPSA) is 115 Å². The molecule has 0 bridgehead atoms. The molecule has 0 atom stereocenters. The lowest BCUT2D eigenvalue weighted by atomic mass is 10.6. The van der Waals surface area contributed by atoms with Crippen LogP contribution in [-0.4, -0.2) is 56.1 Å². The highest BCUT2D eigenvalue weighted by atomic mass is 79.9. The van der Waals surface area contributed by atoms with E-state index in [9.17, 15) is 13.2 Å². The maximum Gasteiger partial charge on any atom is 0.261 e. The number of rotatable bonds is 7. The van der Waals surface area contributed by atoms with Gasteiger partial charge in [0.2, 0.25) is 10.9 Å². The van der Waals surface area contributed by atoms with Gasteiger partial charge in [0.1, 0.15) is 0 Å². The third kappa shape index (κ3) is 4.53. The number of hydrogen-bond acceptors (Lipinski definition) is 6. The van der Waals surface area contributed by atoms with Gasteiger partial charge in [-0.1, -0.05) is 5.21 Å². The lowest BCUT2D eigenvalue weighted by Gasteiger charge is -2.07. The summed E-state index contributed by atoms with van der Waals surface area (Å²) in [5.41, 5.74) is 0. The van der Waals surface area contributed by atoms with Crippen molar-refractivity contribution in [1.82, 2.24) is 25.0 Å². The lowest BCUT2D eigenvalue weighted by Crippen LogP contribution is -2.38. The number of methoxy groups -OCH3 is 1. The first kappa shape index (κ1) is 16.0. The predicted octanol–water partition coefficient (Wildman–Crippen LogP) is -1.38. The Morgan fingerprint density at radius 1 is 1.53 bits per heavy atom. The smallest absolute Gasteiger partial charge is 0.261 e. The van der Waals surface area contributed by atoms with Crippen molar-refractivity contribution >= 4 is 31.9 Å². The van der Waals surface area contributed by atoms with Gasteiger partial charge in [0.15, 0.2) is 4.60 Å². The highest BCUT2D eigenvalue weighted by molar-refractivity contribution is 9.10. The molecule has 0 fully saturated rings. The summed E-state index contributed by atoms with van der Waals surface area (Å²) in [7, 11) is -0.918. The van der Waals surface area contributed by atoms with Crippen LogP contribution in [-0.2, 0) is 26.6 Å². The van der Waals surface area contributed by atoms with Gasteiger partial charge in [-0.2, -0.15) is 0 Å². The maximum absolute atomic E-state index is 11.9. The van der Waals surface area contributed by atoms with Crippen molar-refractivity contribution in [2.24, 2.45) is 7.05 Å². The molecule has 2 N–H and O–H groups in total. The van der Waals surface area contributed by atoms with Crippen LogP contribution in [0.1, 0.15) is 0 Å². The zero-order valence-electron chi connectivity index (χ0n) is 10.4. The molecule has 1 aromatic heterocycles. The fourth-order valence-electron chi connectivity index (χ4n) is 1.19. The second-order valence-corrected chi connectivity index (χ2v) is 5.91. The average molecular weight is 356 g/mol. The van der Waals surface area contributed by atoms with Crippen molar-refractivity contribution in [2.75, 3.05) is 26.8 Å². The number of hydrogen-bond donors (Lipinski definition) is 2. The normalized spacial score (nSPS) is 11.5. The molecule has 1 heterocycles. The second kappa shape index (κ2) is 6.93. The summed E-state index contributed by atoms with van der Waals surface area (Å²) < 4.78 is 31.9. The fourth-order valence-corrected chi connectivity index (χ4v) is 3.26. The van der Waals surface area contributed by atoms with Gasteiger partial charge in [-0.05, 0) is 15.9 Å². The molecule has 0 spiro atoms. The van der Waals surface area contributed by atoms with Crippen LogP contribution in [0, 0.1) is 0 Å². The molecule has 0 aliphatic heterocycles. The summed E-state index contributed by atoms with van der Waals surface area (Å²) in [5.74, 6) is -0.452. The van der Waals surface area contributed by atoms with Crippen molar-refractivity contribution in [3.05, 3.63) is 4.60 Å². The van der Waals surface area contributed by atoms with Crippen LogP contribution in [0.4, 0.5) is 0 Å². The minimum atomic E-state index is -3.85. The standard InChI is InChI=1S/C8H14BrN5O4S/c1-14-8(7(9)12-13-14)19(16,17)11-5-6(15)10-3-4-18-2/h11H,3-5H2,1-2H3,(H,10,15). The Morgan fingerprint density at radius 2 is 2.21 bits per heavy atom. The third-order valence-corrected chi connectivity index (χ3v) is 4.33. The number of aromatic nitrogens is 3. The molecule has 0 saturated carbocycles. The maximum atomic E-state index is 11.9. The van der Waals surface area contributed by atoms with Crippen molar-refractivity contribution in [1.29, 1.82) is 0 Å². The Bertz CT molecular complexity index is 524. The number of carbonyl (C=O) groups is 1. The Balaban J connectivity index is 2.59. The number of ether oxygens (including phenoxy) is 1. The first-order valence-electron chi connectivity index (χ1n) is 5.19. The molecule has 11 heteroatoms. The number of nitrogens with zero attached hydrogens (tertiary/aromatic N) is 3. The van der Waals surface area contributed by atoms with Gasteiger partial charge in [0.05, 0.1) is 13.2 Å². The fraction of sp³-hybridized carbons (Fsp3) is 0.625. The third-order valence-electron chi connectivity index (χ3n) is 2.04. The van der Waals surface area contributed by atoms with E-state index in [-0.39, 0.29) is 16.2 Å². The van der Waals surface area contributed by atoms with Crippen LogP contribution in [0.3, 0.4) is 0 Å². The van der Waals surface area contributed by atoms with E-state index < -0.39 is 15.9 Å². The van der Waals surface area contributed by atoms with Gasteiger partial charge in [-0.25, -0.2) is 17.8 Å². The van der Waals surface area contributed by atoms with E-state index in [4.69, 9.17) is 4.74 Å². The molecule has 0 saturated heterocycles. The van der Waals surface area contributed by atoms with Gasteiger partial charge < -0.3 is 10.1 Å². The quantitative estimate of drug-likeness (QED) is 0.582. The summed E-state index contributed by atoms with van der Waals surface area (Å²) in [6.45, 7) is 0.299. The molecule has 1 aromatic rings. The molecule has 108 valence electrons. The summed E-state index contributed by atoms with van der Waals surface area (Å²) >= 11 is 2.98. The number of aryl methyl sites for hydroxylation is 1. The van der Waals surface area contributed by atoms with E-state index in [2.05, 4.69) is 36.3 Å². The number of amides is 1. The van der Waals surface area contributed by atoms with Gasteiger partial charge >= 0.3 is 0 Å². The summed E-state index contributed by atoms with van der Waals surface area (Å²) in [6, 6.07) is 0. The van der Waals surface area contributed by atoms with Gasteiger partial charge in [-0.3, -0.25) is 4.79 Å². The van der Waals surface area contributed by atoms with E-state index in [0.29, 0.717) is 13.2 Å². The monoisotopic (exact) mass is 355 g/mol. The largest absolute Gasteiger partial charge is 0.383 e. The van der Waals surface area contributed by atoms with Crippen LogP contribution in [0.2, 0.25) is 0 Å². The molecule has 1 amide bonds. The Hall–Kier alpha value is -1.04. The van der Waals surface area contributed by atoms with Gasteiger partial charge in [0, 0.05) is 20.7 Å². The Morgan fingerprint density at radius 3 is 2.74 bits per heavy atom. The zero-order valence-corrected chi connectivity index (χ0v) is 12.8. The van der Waals surface area contributed by atoms with E-state index >= 15 is 0 Å². The van der Waals surface area contributed by atoms with Crippen molar-refractivity contribution in [3.8, 4) is 0 Å². The number of carbonyl (C=O) groups excluding carboxylic acids is 1. The lowest BCUT2D eigenvalue weighted by molar-refractivity contribution is -0.120. The second-order valence-electron chi connectivity index (χ2n) is 3.48. The van der Waals surface area contributed by atoms with E-state index in [0.717, 1.165) is 4.68 Å². The molecular weight excluding hydrogens is 342 g/mol. The van der Waals surface area contributed by atoms with Crippen molar-refractivity contribution in [2.45, 2.75) is 5.03 Å². The first-order chi connectivity index (χ1) is 8.88. The highest BCUT2D eigenvalue weighted by Gasteiger charge is 2.24. The number of nitrogens with one attached hydrogen (secondary N) is 2. The Labute approximate surface area is 118 Å². The molecule has 0 aromatic carbocycles. The van der Waals surface area contributed by atoms with E-state index in [1.54, 1.807) is 0 Å². The minimum Gasteiger partial charge on any atom is -0.383 e. The molecule has 9 nitrogen and oxygen atoms in total. The summed E-state index contributed by atoms with van der Waals surface area (Å²) in [5, 5.41) is 9.47. The number of halogens is 1. The zero-order chi connectivity index (χ0) is 14.5. The van der Waals surface area contributed by atoms with Crippen LogP contribution in [0.15, 0.2) is 9.63 Å². The molecule has 0 unspecified atom stereocenters. The van der Waals surface area contributed by atoms with Crippen LogP contribution < -0.4 is 10.0 Å². The minimum absolute atomic E-state index is 0.0855.